The van der Waals surface area contributed by atoms with Crippen LogP contribution in [-0.2, 0) is 6.42 Å². The SMILES string of the molecule is Oc1c(Cc2ccc(Cl)c(F)c2)c(C2CC2)nc2ccnn12. The van der Waals surface area contributed by atoms with Gasteiger partial charge in [-0.1, -0.05) is 17.7 Å². The van der Waals surface area contributed by atoms with E-state index in [1.165, 1.54) is 16.6 Å². The van der Waals surface area contributed by atoms with E-state index in [0.29, 0.717) is 23.5 Å². The fourth-order valence-electron chi connectivity index (χ4n) is 2.70. The number of rotatable bonds is 3. The monoisotopic (exact) mass is 317 g/mol. The zero-order valence-corrected chi connectivity index (χ0v) is 12.4. The van der Waals surface area contributed by atoms with Crippen LogP contribution in [0.3, 0.4) is 0 Å². The molecule has 4 nitrogen and oxygen atoms in total. The summed E-state index contributed by atoms with van der Waals surface area (Å²) in [6.45, 7) is 0. The van der Waals surface area contributed by atoms with Crippen molar-refractivity contribution in [3.63, 3.8) is 0 Å². The summed E-state index contributed by atoms with van der Waals surface area (Å²) >= 11 is 5.72. The summed E-state index contributed by atoms with van der Waals surface area (Å²) in [5.41, 5.74) is 2.97. The third-order valence-corrected chi connectivity index (χ3v) is 4.27. The third kappa shape index (κ3) is 2.22. The number of fused-ring (bicyclic) bond motifs is 1. The molecule has 2 aromatic heterocycles. The van der Waals surface area contributed by atoms with Crippen molar-refractivity contribution in [1.82, 2.24) is 14.6 Å². The van der Waals surface area contributed by atoms with E-state index in [-0.39, 0.29) is 10.9 Å². The number of nitrogens with zero attached hydrogens (tertiary/aromatic N) is 3. The Morgan fingerprint density at radius 1 is 1.32 bits per heavy atom. The number of hydrogen-bond donors (Lipinski definition) is 1. The molecule has 0 saturated heterocycles. The normalized spacial score (nSPS) is 14.6. The van der Waals surface area contributed by atoms with Crippen molar-refractivity contribution in [2.75, 3.05) is 0 Å². The van der Waals surface area contributed by atoms with E-state index in [1.54, 1.807) is 18.3 Å². The Morgan fingerprint density at radius 2 is 2.14 bits per heavy atom. The van der Waals surface area contributed by atoms with Crippen LogP contribution < -0.4 is 0 Å². The highest BCUT2D eigenvalue weighted by Gasteiger charge is 2.30. The predicted molar refractivity (Wildman–Crippen MR) is 80.8 cm³/mol. The van der Waals surface area contributed by atoms with Crippen molar-refractivity contribution in [3.8, 4) is 5.88 Å². The summed E-state index contributed by atoms with van der Waals surface area (Å²) in [5, 5.41) is 14.7. The van der Waals surface area contributed by atoms with Gasteiger partial charge in [-0.15, -0.1) is 0 Å². The Kier molecular flexibility index (Phi) is 3.04. The predicted octanol–water partition coefficient (Wildman–Crippen LogP) is 3.70. The molecule has 1 fully saturated rings. The molecule has 2 heterocycles. The zero-order valence-electron chi connectivity index (χ0n) is 11.6. The molecule has 112 valence electrons. The first-order valence-electron chi connectivity index (χ1n) is 7.13. The second kappa shape index (κ2) is 4.95. The van der Waals surface area contributed by atoms with Gasteiger partial charge in [-0.25, -0.2) is 9.37 Å². The van der Waals surface area contributed by atoms with Crippen LogP contribution in [0.4, 0.5) is 4.39 Å². The van der Waals surface area contributed by atoms with Crippen LogP contribution in [0.1, 0.15) is 35.6 Å². The van der Waals surface area contributed by atoms with Crippen molar-refractivity contribution < 1.29 is 9.50 Å². The maximum atomic E-state index is 13.6. The van der Waals surface area contributed by atoms with Crippen molar-refractivity contribution in [1.29, 1.82) is 0 Å². The fourth-order valence-corrected chi connectivity index (χ4v) is 2.81. The van der Waals surface area contributed by atoms with Gasteiger partial charge in [-0.05, 0) is 30.5 Å². The van der Waals surface area contributed by atoms with E-state index >= 15 is 0 Å². The van der Waals surface area contributed by atoms with Gasteiger partial charge in [0.25, 0.3) is 0 Å². The van der Waals surface area contributed by atoms with Crippen LogP contribution in [0.15, 0.2) is 30.5 Å². The lowest BCUT2D eigenvalue weighted by molar-refractivity contribution is 0.427. The number of aromatic hydroxyl groups is 1. The number of hydrogen-bond acceptors (Lipinski definition) is 3. The third-order valence-electron chi connectivity index (χ3n) is 3.97. The van der Waals surface area contributed by atoms with Gasteiger partial charge in [0, 0.05) is 24.0 Å². The van der Waals surface area contributed by atoms with Crippen LogP contribution in [0, 0.1) is 5.82 Å². The summed E-state index contributed by atoms with van der Waals surface area (Å²) in [6, 6.07) is 6.44. The summed E-state index contributed by atoms with van der Waals surface area (Å²) in [5.74, 6) is -0.00930. The zero-order chi connectivity index (χ0) is 15.3. The molecule has 0 spiro atoms. The highest BCUT2D eigenvalue weighted by atomic mass is 35.5. The van der Waals surface area contributed by atoms with Gasteiger partial charge in [0.1, 0.15) is 5.82 Å². The second-order valence-corrected chi connectivity index (χ2v) is 6.01. The molecule has 1 aliphatic rings. The summed E-state index contributed by atoms with van der Waals surface area (Å²) in [6.07, 6.45) is 4.14. The average Bonchev–Trinajstić information content (AvgIpc) is 3.23. The molecule has 22 heavy (non-hydrogen) atoms. The molecule has 0 amide bonds. The topological polar surface area (TPSA) is 50.4 Å². The van der Waals surface area contributed by atoms with E-state index in [0.717, 1.165) is 24.1 Å². The molecule has 0 unspecified atom stereocenters. The maximum absolute atomic E-state index is 13.6. The Bertz CT molecular complexity index is 873. The molecule has 4 rings (SSSR count). The first-order valence-corrected chi connectivity index (χ1v) is 7.50. The smallest absolute Gasteiger partial charge is 0.219 e. The van der Waals surface area contributed by atoms with Gasteiger partial charge >= 0.3 is 0 Å². The number of aromatic nitrogens is 3. The van der Waals surface area contributed by atoms with Gasteiger partial charge in [-0.3, -0.25) is 0 Å². The lowest BCUT2D eigenvalue weighted by Gasteiger charge is -2.12. The largest absolute Gasteiger partial charge is 0.493 e. The molecular formula is C16H13ClFN3O. The van der Waals surface area contributed by atoms with E-state index in [2.05, 4.69) is 10.1 Å². The number of halogens is 2. The van der Waals surface area contributed by atoms with Gasteiger partial charge < -0.3 is 5.11 Å². The van der Waals surface area contributed by atoms with Crippen LogP contribution in [0.2, 0.25) is 5.02 Å². The molecular weight excluding hydrogens is 305 g/mol. The molecule has 0 radical (unpaired) electrons. The van der Waals surface area contributed by atoms with Crippen molar-refractivity contribution in [3.05, 3.63) is 58.1 Å². The van der Waals surface area contributed by atoms with Gasteiger partial charge in [0.2, 0.25) is 5.88 Å². The average molecular weight is 318 g/mol. The molecule has 1 aliphatic carbocycles. The van der Waals surface area contributed by atoms with Crippen molar-refractivity contribution in [2.45, 2.75) is 25.2 Å². The first kappa shape index (κ1) is 13.5. The van der Waals surface area contributed by atoms with E-state index in [1.807, 2.05) is 0 Å². The van der Waals surface area contributed by atoms with Crippen LogP contribution >= 0.6 is 11.6 Å². The number of benzene rings is 1. The van der Waals surface area contributed by atoms with Gasteiger partial charge in [0.15, 0.2) is 5.65 Å². The first-order chi connectivity index (χ1) is 10.6. The molecule has 1 N–H and O–H groups in total. The molecule has 3 aromatic rings. The Morgan fingerprint density at radius 3 is 2.86 bits per heavy atom. The summed E-state index contributed by atoms with van der Waals surface area (Å²) in [4.78, 5) is 4.61. The second-order valence-electron chi connectivity index (χ2n) is 5.60. The minimum atomic E-state index is -0.459. The quantitative estimate of drug-likeness (QED) is 0.801. The van der Waals surface area contributed by atoms with Crippen LogP contribution in [0.5, 0.6) is 5.88 Å². The molecule has 0 atom stereocenters. The van der Waals surface area contributed by atoms with E-state index in [9.17, 15) is 9.50 Å². The molecule has 6 heteroatoms. The molecule has 0 aliphatic heterocycles. The van der Waals surface area contributed by atoms with Crippen molar-refractivity contribution in [2.24, 2.45) is 0 Å². The van der Waals surface area contributed by atoms with Crippen LogP contribution in [-0.4, -0.2) is 19.7 Å². The Balaban J connectivity index is 1.83. The highest BCUT2D eigenvalue weighted by molar-refractivity contribution is 6.30. The Hall–Kier alpha value is -2.14. The molecule has 0 bridgehead atoms. The minimum Gasteiger partial charge on any atom is -0.493 e. The molecule has 1 aromatic carbocycles. The van der Waals surface area contributed by atoms with Gasteiger partial charge in [-0.2, -0.15) is 9.61 Å². The summed E-state index contributed by atoms with van der Waals surface area (Å²) in [7, 11) is 0. The lowest BCUT2D eigenvalue weighted by Crippen LogP contribution is -2.04. The summed E-state index contributed by atoms with van der Waals surface area (Å²) < 4.78 is 15.0. The van der Waals surface area contributed by atoms with Gasteiger partial charge in [0.05, 0.1) is 16.9 Å². The minimum absolute atomic E-state index is 0.0762. The van der Waals surface area contributed by atoms with E-state index < -0.39 is 5.82 Å². The standard InChI is InChI=1S/C16H13ClFN3O/c17-12-4-1-9(8-13(12)18)7-11-15(10-2-3-10)20-14-5-6-19-21(14)16(11)22/h1,4-6,8,10,22H,2-3,7H2. The van der Waals surface area contributed by atoms with Crippen LogP contribution in [0.25, 0.3) is 5.65 Å². The maximum Gasteiger partial charge on any atom is 0.219 e. The molecule has 1 saturated carbocycles. The van der Waals surface area contributed by atoms with E-state index in [4.69, 9.17) is 11.6 Å². The highest BCUT2D eigenvalue weighted by Crippen LogP contribution is 2.43. The lowest BCUT2D eigenvalue weighted by atomic mass is 10.0. The fraction of sp³-hybridized carbons (Fsp3) is 0.250. The Labute approximate surface area is 131 Å². The van der Waals surface area contributed by atoms with Crippen molar-refractivity contribution >= 4 is 17.2 Å².